The van der Waals surface area contributed by atoms with E-state index in [1.807, 2.05) is 13.1 Å². The number of piperidine rings is 1. The largest absolute Gasteiger partial charge is 0.396 e. The molecule has 2 unspecified atom stereocenters. The predicted molar refractivity (Wildman–Crippen MR) is 94.9 cm³/mol. The molecule has 3 rings (SSSR count). The fraction of sp³-hybridized carbons (Fsp3) is 0.684. The number of pyridine rings is 1. The third-order valence-electron chi connectivity index (χ3n) is 5.56. The monoisotopic (exact) mass is 331 g/mol. The highest BCUT2D eigenvalue weighted by molar-refractivity contribution is 5.79. The second-order valence-electron chi connectivity index (χ2n) is 7.30. The lowest BCUT2D eigenvalue weighted by Crippen LogP contribution is -2.48. The van der Waals surface area contributed by atoms with Gasteiger partial charge in [0.15, 0.2) is 0 Å². The first kappa shape index (κ1) is 17.2. The van der Waals surface area contributed by atoms with E-state index in [1.54, 1.807) is 0 Å². The Morgan fingerprint density at radius 2 is 2.00 bits per heavy atom. The molecule has 1 aliphatic heterocycles. The summed E-state index contributed by atoms with van der Waals surface area (Å²) >= 11 is 0. The fourth-order valence-electron chi connectivity index (χ4n) is 3.93. The molecule has 5 nitrogen and oxygen atoms in total. The number of anilines is 1. The average molecular weight is 331 g/mol. The van der Waals surface area contributed by atoms with Gasteiger partial charge in [-0.25, -0.2) is 4.98 Å². The number of carbonyl (C=O) groups excluding carboxylic acids is 1. The first-order chi connectivity index (χ1) is 11.7. The summed E-state index contributed by atoms with van der Waals surface area (Å²) in [5.74, 6) is 1.51. The van der Waals surface area contributed by atoms with Crippen LogP contribution >= 0.6 is 0 Å². The van der Waals surface area contributed by atoms with Crippen LogP contribution in [0, 0.1) is 18.8 Å². The zero-order valence-corrected chi connectivity index (χ0v) is 14.6. The Hall–Kier alpha value is -1.62. The number of amides is 1. The third-order valence-corrected chi connectivity index (χ3v) is 5.56. The summed E-state index contributed by atoms with van der Waals surface area (Å²) in [6.07, 6.45) is 7.99. The number of nitrogens with one attached hydrogen (secondary N) is 1. The maximum atomic E-state index is 12.6. The van der Waals surface area contributed by atoms with Crippen molar-refractivity contribution in [1.82, 2.24) is 10.3 Å². The predicted octanol–water partition coefficient (Wildman–Crippen LogP) is 2.27. The van der Waals surface area contributed by atoms with Gasteiger partial charge in [-0.1, -0.05) is 18.9 Å². The van der Waals surface area contributed by atoms with Crippen LogP contribution in [0.1, 0.15) is 44.1 Å². The molecule has 1 aliphatic carbocycles. The lowest BCUT2D eigenvalue weighted by molar-refractivity contribution is -0.127. The molecule has 1 aromatic heterocycles. The SMILES string of the molecule is Cc1ccc(N2CCC(C(=O)NC3CCCCC3CO)CC2)nc1. The van der Waals surface area contributed by atoms with Crippen LogP contribution in [0.2, 0.25) is 0 Å². The lowest BCUT2D eigenvalue weighted by Gasteiger charge is -2.35. The Labute approximate surface area is 144 Å². The van der Waals surface area contributed by atoms with Gasteiger partial charge in [0.25, 0.3) is 0 Å². The van der Waals surface area contributed by atoms with Gasteiger partial charge in [-0.15, -0.1) is 0 Å². The number of nitrogens with zero attached hydrogens (tertiary/aromatic N) is 2. The Bertz CT molecular complexity index is 538. The third kappa shape index (κ3) is 4.07. The molecular weight excluding hydrogens is 302 g/mol. The average Bonchev–Trinajstić information content (AvgIpc) is 2.63. The maximum absolute atomic E-state index is 12.6. The number of rotatable bonds is 4. The highest BCUT2D eigenvalue weighted by Crippen LogP contribution is 2.26. The summed E-state index contributed by atoms with van der Waals surface area (Å²) < 4.78 is 0. The van der Waals surface area contributed by atoms with Gasteiger partial charge >= 0.3 is 0 Å². The Balaban J connectivity index is 1.50. The molecule has 2 atom stereocenters. The van der Waals surface area contributed by atoms with Crippen LogP contribution in [0.25, 0.3) is 0 Å². The van der Waals surface area contributed by atoms with E-state index in [-0.39, 0.29) is 30.4 Å². The maximum Gasteiger partial charge on any atom is 0.223 e. The van der Waals surface area contributed by atoms with E-state index in [2.05, 4.69) is 27.3 Å². The van der Waals surface area contributed by atoms with E-state index in [1.165, 1.54) is 12.0 Å². The van der Waals surface area contributed by atoms with Crippen molar-refractivity contribution < 1.29 is 9.90 Å². The molecular formula is C19H29N3O2. The molecule has 1 saturated heterocycles. The van der Waals surface area contributed by atoms with Crippen LogP contribution in [0.3, 0.4) is 0 Å². The van der Waals surface area contributed by atoms with Crippen molar-refractivity contribution >= 4 is 11.7 Å². The van der Waals surface area contributed by atoms with Crippen LogP contribution < -0.4 is 10.2 Å². The fourth-order valence-corrected chi connectivity index (χ4v) is 3.93. The van der Waals surface area contributed by atoms with Crippen LogP contribution in [0.5, 0.6) is 0 Å². The Morgan fingerprint density at radius 3 is 2.67 bits per heavy atom. The van der Waals surface area contributed by atoms with Crippen LogP contribution in [-0.2, 0) is 4.79 Å². The van der Waals surface area contributed by atoms with Crippen molar-refractivity contribution in [1.29, 1.82) is 0 Å². The van der Waals surface area contributed by atoms with Crippen molar-refractivity contribution in [3.8, 4) is 0 Å². The van der Waals surface area contributed by atoms with Gasteiger partial charge in [-0.3, -0.25) is 4.79 Å². The highest BCUT2D eigenvalue weighted by atomic mass is 16.3. The normalized spacial score (nSPS) is 25.5. The minimum Gasteiger partial charge on any atom is -0.396 e. The number of aliphatic hydroxyl groups excluding tert-OH is 1. The second kappa shape index (κ2) is 7.97. The van der Waals surface area contributed by atoms with Crippen LogP contribution in [0.15, 0.2) is 18.3 Å². The Morgan fingerprint density at radius 1 is 1.25 bits per heavy atom. The van der Waals surface area contributed by atoms with Crippen molar-refractivity contribution in [3.05, 3.63) is 23.9 Å². The zero-order chi connectivity index (χ0) is 16.9. The molecule has 2 N–H and O–H groups in total. The van der Waals surface area contributed by atoms with Gasteiger partial charge in [-0.2, -0.15) is 0 Å². The molecule has 5 heteroatoms. The second-order valence-corrected chi connectivity index (χ2v) is 7.30. The quantitative estimate of drug-likeness (QED) is 0.888. The van der Waals surface area contributed by atoms with Crippen molar-refractivity contribution in [2.24, 2.45) is 11.8 Å². The standard InChI is InChI=1S/C19H29N3O2/c1-14-6-7-18(20-12-14)22-10-8-15(9-11-22)19(24)21-17-5-3-2-4-16(17)13-23/h6-7,12,15-17,23H,2-5,8-11,13H2,1H3,(H,21,24). The van der Waals surface area contributed by atoms with Gasteiger partial charge in [0.05, 0.1) is 0 Å². The number of aromatic nitrogens is 1. The summed E-state index contributed by atoms with van der Waals surface area (Å²) in [6, 6.07) is 4.30. The van der Waals surface area contributed by atoms with E-state index < -0.39 is 0 Å². The molecule has 0 radical (unpaired) electrons. The summed E-state index contributed by atoms with van der Waals surface area (Å²) in [6.45, 7) is 3.98. The molecule has 1 aromatic rings. The van der Waals surface area contributed by atoms with E-state index in [0.29, 0.717) is 0 Å². The number of hydrogen-bond donors (Lipinski definition) is 2. The first-order valence-corrected chi connectivity index (χ1v) is 9.26. The highest BCUT2D eigenvalue weighted by Gasteiger charge is 2.30. The summed E-state index contributed by atoms with van der Waals surface area (Å²) in [5.41, 5.74) is 1.17. The molecule has 1 amide bonds. The molecule has 0 aromatic carbocycles. The van der Waals surface area contributed by atoms with Gasteiger partial charge < -0.3 is 15.3 Å². The zero-order valence-electron chi connectivity index (χ0n) is 14.6. The molecule has 2 heterocycles. The molecule has 2 fully saturated rings. The lowest BCUT2D eigenvalue weighted by atomic mass is 9.84. The minimum atomic E-state index is 0.0907. The van der Waals surface area contributed by atoms with Crippen LogP contribution in [0.4, 0.5) is 5.82 Å². The number of aliphatic hydroxyl groups is 1. The topological polar surface area (TPSA) is 65.5 Å². The molecule has 1 saturated carbocycles. The van der Waals surface area contributed by atoms with E-state index in [4.69, 9.17) is 0 Å². The summed E-state index contributed by atoms with van der Waals surface area (Å²) in [4.78, 5) is 19.3. The van der Waals surface area contributed by atoms with Gasteiger partial charge in [-0.05, 0) is 44.2 Å². The van der Waals surface area contributed by atoms with Crippen molar-refractivity contribution in [2.75, 3.05) is 24.6 Å². The molecule has 0 bridgehead atoms. The van der Waals surface area contributed by atoms with E-state index in [9.17, 15) is 9.90 Å². The Kier molecular flexibility index (Phi) is 5.72. The molecule has 0 spiro atoms. The van der Waals surface area contributed by atoms with E-state index >= 15 is 0 Å². The number of hydrogen-bond acceptors (Lipinski definition) is 4. The van der Waals surface area contributed by atoms with Crippen molar-refractivity contribution in [3.63, 3.8) is 0 Å². The summed E-state index contributed by atoms with van der Waals surface area (Å²) in [5, 5.41) is 12.7. The molecule has 2 aliphatic rings. The minimum absolute atomic E-state index is 0.0907. The summed E-state index contributed by atoms with van der Waals surface area (Å²) in [7, 11) is 0. The molecule has 24 heavy (non-hydrogen) atoms. The number of carbonyl (C=O) groups is 1. The van der Waals surface area contributed by atoms with Crippen molar-refractivity contribution in [2.45, 2.75) is 51.5 Å². The van der Waals surface area contributed by atoms with Gasteiger partial charge in [0, 0.05) is 43.8 Å². The van der Waals surface area contributed by atoms with E-state index in [0.717, 1.165) is 51.0 Å². The van der Waals surface area contributed by atoms with Crippen LogP contribution in [-0.4, -0.2) is 41.7 Å². The first-order valence-electron chi connectivity index (χ1n) is 9.26. The number of aryl methyl sites for hydroxylation is 1. The van der Waals surface area contributed by atoms with Gasteiger partial charge in [0.1, 0.15) is 5.82 Å². The molecule has 132 valence electrons. The smallest absolute Gasteiger partial charge is 0.223 e. The van der Waals surface area contributed by atoms with Gasteiger partial charge in [0.2, 0.25) is 5.91 Å².